The van der Waals surface area contributed by atoms with Gasteiger partial charge in [0, 0.05) is 25.0 Å². The van der Waals surface area contributed by atoms with Gasteiger partial charge < -0.3 is 5.73 Å². The van der Waals surface area contributed by atoms with Gasteiger partial charge in [-0.15, -0.1) is 0 Å². The molecule has 0 bridgehead atoms. The van der Waals surface area contributed by atoms with E-state index in [4.69, 9.17) is 5.73 Å². The summed E-state index contributed by atoms with van der Waals surface area (Å²) in [6.07, 6.45) is 5.58. The fourth-order valence-electron chi connectivity index (χ4n) is 2.34. The second-order valence-electron chi connectivity index (χ2n) is 5.47. The summed E-state index contributed by atoms with van der Waals surface area (Å²) in [5.41, 5.74) is 9.50. The van der Waals surface area contributed by atoms with Crippen LogP contribution in [0.15, 0.2) is 53.8 Å². The van der Waals surface area contributed by atoms with Gasteiger partial charge in [0.2, 0.25) is 0 Å². The summed E-state index contributed by atoms with van der Waals surface area (Å²) < 4.78 is 0. The number of carbonyl (C=O) groups is 1. The van der Waals surface area contributed by atoms with E-state index in [9.17, 15) is 4.79 Å². The van der Waals surface area contributed by atoms with Gasteiger partial charge in [-0.1, -0.05) is 35.9 Å². The smallest absolute Gasteiger partial charge is 0.254 e. The van der Waals surface area contributed by atoms with E-state index in [1.165, 1.54) is 5.56 Å². The van der Waals surface area contributed by atoms with Gasteiger partial charge in [0.1, 0.15) is 5.56 Å². The van der Waals surface area contributed by atoms with E-state index in [-0.39, 0.29) is 0 Å². The molecule has 0 aliphatic carbocycles. The molecule has 3 rings (SSSR count). The minimum absolute atomic E-state index is 0.293. The number of primary amides is 1. The minimum atomic E-state index is -0.557. The molecule has 6 nitrogen and oxygen atoms in total. The number of aliphatic imine (C=N–C) groups is 1. The third kappa shape index (κ3) is 3.55. The molecule has 0 spiro atoms. The number of hydrogen-bond acceptors (Lipinski definition) is 4. The molecule has 24 heavy (non-hydrogen) atoms. The monoisotopic (exact) mass is 319 g/mol. The number of aromatic amines is 1. The van der Waals surface area contributed by atoms with Crippen LogP contribution in [-0.2, 0) is 6.42 Å². The zero-order valence-corrected chi connectivity index (χ0v) is 13.2. The molecule has 0 radical (unpaired) electrons. The van der Waals surface area contributed by atoms with E-state index in [1.54, 1.807) is 18.6 Å². The van der Waals surface area contributed by atoms with Crippen molar-refractivity contribution in [2.24, 2.45) is 10.7 Å². The SMILES string of the molecule is Cc1ccc(C=Nc2n[nH]c(Cc3cccnc3)c2C(N)=O)cc1. The molecule has 0 fully saturated rings. The highest BCUT2D eigenvalue weighted by Gasteiger charge is 2.17. The van der Waals surface area contributed by atoms with Crippen LogP contribution in [-0.4, -0.2) is 27.3 Å². The summed E-state index contributed by atoms with van der Waals surface area (Å²) in [7, 11) is 0. The van der Waals surface area contributed by atoms with Gasteiger partial charge in [0.05, 0.1) is 5.69 Å². The molecule has 1 amide bonds. The zero-order valence-electron chi connectivity index (χ0n) is 13.2. The Morgan fingerprint density at radius 1 is 1.29 bits per heavy atom. The van der Waals surface area contributed by atoms with Crippen molar-refractivity contribution in [1.29, 1.82) is 0 Å². The summed E-state index contributed by atoms with van der Waals surface area (Å²) in [5.74, 6) is -0.263. The number of rotatable bonds is 5. The van der Waals surface area contributed by atoms with Crippen molar-refractivity contribution in [2.75, 3.05) is 0 Å². The van der Waals surface area contributed by atoms with Crippen LogP contribution in [0.2, 0.25) is 0 Å². The number of pyridine rings is 1. The normalized spacial score (nSPS) is 11.0. The van der Waals surface area contributed by atoms with Crippen LogP contribution < -0.4 is 5.73 Å². The Labute approximate surface area is 139 Å². The molecule has 3 aromatic rings. The van der Waals surface area contributed by atoms with Gasteiger partial charge >= 0.3 is 0 Å². The Balaban J connectivity index is 1.88. The lowest BCUT2D eigenvalue weighted by Gasteiger charge is -2.00. The number of aryl methyl sites for hydroxylation is 1. The molecule has 1 aromatic carbocycles. The van der Waals surface area contributed by atoms with Crippen molar-refractivity contribution in [3.05, 3.63) is 76.7 Å². The van der Waals surface area contributed by atoms with E-state index in [2.05, 4.69) is 20.2 Å². The Bertz CT molecular complexity index is 866. The van der Waals surface area contributed by atoms with Crippen LogP contribution in [0.25, 0.3) is 0 Å². The first-order valence-corrected chi connectivity index (χ1v) is 7.50. The van der Waals surface area contributed by atoms with Gasteiger partial charge in [0.15, 0.2) is 5.82 Å². The van der Waals surface area contributed by atoms with Crippen LogP contribution in [0.1, 0.15) is 32.7 Å². The molecule has 0 saturated carbocycles. The first-order chi connectivity index (χ1) is 11.6. The highest BCUT2D eigenvalue weighted by Crippen LogP contribution is 2.21. The topological polar surface area (TPSA) is 97.0 Å². The predicted octanol–water partition coefficient (Wildman–Crippen LogP) is 2.55. The van der Waals surface area contributed by atoms with Crippen molar-refractivity contribution in [3.8, 4) is 0 Å². The van der Waals surface area contributed by atoms with Crippen molar-refractivity contribution in [2.45, 2.75) is 13.3 Å². The maximum Gasteiger partial charge on any atom is 0.254 e. The highest BCUT2D eigenvalue weighted by molar-refractivity contribution is 5.99. The van der Waals surface area contributed by atoms with E-state index < -0.39 is 5.91 Å². The highest BCUT2D eigenvalue weighted by atomic mass is 16.1. The summed E-state index contributed by atoms with van der Waals surface area (Å²) >= 11 is 0. The van der Waals surface area contributed by atoms with Crippen molar-refractivity contribution >= 4 is 17.9 Å². The molecular formula is C18H17N5O. The summed E-state index contributed by atoms with van der Waals surface area (Å²) in [6, 6.07) is 11.7. The van der Waals surface area contributed by atoms with Gasteiger partial charge in [0.25, 0.3) is 5.91 Å². The maximum atomic E-state index is 11.8. The summed E-state index contributed by atoms with van der Waals surface area (Å²) in [4.78, 5) is 20.2. The van der Waals surface area contributed by atoms with E-state index in [0.717, 1.165) is 11.1 Å². The van der Waals surface area contributed by atoms with E-state index in [0.29, 0.717) is 23.5 Å². The number of carbonyl (C=O) groups excluding carboxylic acids is 1. The molecule has 0 atom stereocenters. The zero-order chi connectivity index (χ0) is 16.9. The lowest BCUT2D eigenvalue weighted by Crippen LogP contribution is -2.13. The molecular weight excluding hydrogens is 302 g/mol. The van der Waals surface area contributed by atoms with Crippen LogP contribution in [0.5, 0.6) is 0 Å². The first-order valence-electron chi connectivity index (χ1n) is 7.50. The van der Waals surface area contributed by atoms with Crippen molar-refractivity contribution < 1.29 is 4.79 Å². The molecule has 2 aromatic heterocycles. The van der Waals surface area contributed by atoms with E-state index >= 15 is 0 Å². The molecule has 0 unspecified atom stereocenters. The third-order valence-corrected chi connectivity index (χ3v) is 3.59. The number of hydrogen-bond donors (Lipinski definition) is 2. The fourth-order valence-corrected chi connectivity index (χ4v) is 2.34. The predicted molar refractivity (Wildman–Crippen MR) is 92.6 cm³/mol. The van der Waals surface area contributed by atoms with Crippen LogP contribution in [0.4, 0.5) is 5.82 Å². The largest absolute Gasteiger partial charge is 0.365 e. The Morgan fingerprint density at radius 2 is 2.08 bits per heavy atom. The number of H-pyrrole nitrogens is 1. The average Bonchev–Trinajstić information content (AvgIpc) is 2.98. The molecule has 6 heteroatoms. The van der Waals surface area contributed by atoms with Crippen LogP contribution >= 0.6 is 0 Å². The van der Waals surface area contributed by atoms with Gasteiger partial charge in [-0.2, -0.15) is 5.10 Å². The quantitative estimate of drug-likeness (QED) is 0.707. The lowest BCUT2D eigenvalue weighted by molar-refractivity contribution is 0.100. The third-order valence-electron chi connectivity index (χ3n) is 3.59. The number of nitrogens with two attached hydrogens (primary N) is 1. The first kappa shape index (κ1) is 15.6. The molecule has 120 valence electrons. The number of benzene rings is 1. The second kappa shape index (κ2) is 6.87. The number of amides is 1. The lowest BCUT2D eigenvalue weighted by atomic mass is 10.1. The van der Waals surface area contributed by atoms with Gasteiger partial charge in [-0.3, -0.25) is 14.9 Å². The molecule has 3 N–H and O–H groups in total. The van der Waals surface area contributed by atoms with Gasteiger partial charge in [-0.25, -0.2) is 4.99 Å². The fraction of sp³-hybridized carbons (Fsp3) is 0.111. The molecule has 0 aliphatic heterocycles. The summed E-state index contributed by atoms with van der Waals surface area (Å²) in [5, 5.41) is 6.98. The molecule has 0 aliphatic rings. The average molecular weight is 319 g/mol. The van der Waals surface area contributed by atoms with Crippen molar-refractivity contribution in [1.82, 2.24) is 15.2 Å². The second-order valence-corrected chi connectivity index (χ2v) is 5.47. The molecule has 0 saturated heterocycles. The standard InChI is InChI=1S/C18H17N5O/c1-12-4-6-13(7-5-12)11-21-18-16(17(19)24)15(22-23-18)9-14-3-2-8-20-10-14/h2-8,10-11H,9H2,1H3,(H2,19,24)(H,22,23). The Kier molecular flexibility index (Phi) is 4.47. The number of aromatic nitrogens is 3. The van der Waals surface area contributed by atoms with Crippen LogP contribution in [0.3, 0.4) is 0 Å². The Morgan fingerprint density at radius 3 is 2.75 bits per heavy atom. The van der Waals surface area contributed by atoms with Crippen molar-refractivity contribution in [3.63, 3.8) is 0 Å². The number of nitrogens with one attached hydrogen (secondary N) is 1. The molecule has 2 heterocycles. The maximum absolute atomic E-state index is 11.8. The Hall–Kier alpha value is -3.28. The van der Waals surface area contributed by atoms with Crippen LogP contribution in [0, 0.1) is 6.92 Å². The summed E-state index contributed by atoms with van der Waals surface area (Å²) in [6.45, 7) is 2.02. The number of nitrogens with zero attached hydrogens (tertiary/aromatic N) is 3. The van der Waals surface area contributed by atoms with Gasteiger partial charge in [-0.05, 0) is 24.1 Å². The van der Waals surface area contributed by atoms with E-state index in [1.807, 2.05) is 43.3 Å². The minimum Gasteiger partial charge on any atom is -0.365 e.